The summed E-state index contributed by atoms with van der Waals surface area (Å²) in [4.78, 5) is 11.2. The molecule has 0 aliphatic carbocycles. The number of aldehydes is 1. The summed E-state index contributed by atoms with van der Waals surface area (Å²) in [6.45, 7) is 2.62. The van der Waals surface area contributed by atoms with Crippen molar-refractivity contribution in [3.8, 4) is 5.75 Å². The molecule has 28 heavy (non-hydrogen) atoms. The van der Waals surface area contributed by atoms with Gasteiger partial charge in [0.1, 0.15) is 17.3 Å². The number of allylic oxidation sites excluding steroid dienone is 2. The van der Waals surface area contributed by atoms with Crippen LogP contribution in [0, 0.1) is 0 Å². The average Bonchev–Trinajstić information content (AvgIpc) is 3.15. The third kappa shape index (κ3) is 3.87. The summed E-state index contributed by atoms with van der Waals surface area (Å²) in [5.41, 5.74) is 3.11. The Labute approximate surface area is 168 Å². The van der Waals surface area contributed by atoms with Crippen LogP contribution in [-0.4, -0.2) is 12.9 Å². The largest absolute Gasteiger partial charge is 0.493 e. The Hall–Kier alpha value is -2.85. The van der Waals surface area contributed by atoms with Crippen molar-refractivity contribution in [2.24, 2.45) is 0 Å². The number of thiophene rings is 1. The van der Waals surface area contributed by atoms with E-state index in [4.69, 9.17) is 9.47 Å². The molecular weight excluding hydrogens is 368 g/mol. The minimum atomic E-state index is 0.585. The van der Waals surface area contributed by atoms with Gasteiger partial charge in [-0.25, -0.2) is 0 Å². The Morgan fingerprint density at radius 3 is 2.82 bits per heavy atom. The van der Waals surface area contributed by atoms with E-state index in [1.165, 1.54) is 5.57 Å². The third-order valence-corrected chi connectivity index (χ3v) is 5.95. The fourth-order valence-electron chi connectivity index (χ4n) is 3.47. The zero-order valence-electron chi connectivity index (χ0n) is 15.8. The van der Waals surface area contributed by atoms with E-state index >= 15 is 0 Å². The molecule has 1 aromatic heterocycles. The summed E-state index contributed by atoms with van der Waals surface area (Å²) in [7, 11) is 0. The molecular formula is C24H22O3S. The van der Waals surface area contributed by atoms with E-state index in [0.29, 0.717) is 12.2 Å². The molecule has 0 saturated heterocycles. The van der Waals surface area contributed by atoms with Gasteiger partial charge in [-0.1, -0.05) is 30.3 Å². The van der Waals surface area contributed by atoms with Gasteiger partial charge in [0.15, 0.2) is 6.29 Å². The zero-order valence-corrected chi connectivity index (χ0v) is 16.6. The molecule has 1 aliphatic heterocycles. The summed E-state index contributed by atoms with van der Waals surface area (Å²) in [5, 5.41) is 3.00. The van der Waals surface area contributed by atoms with Crippen molar-refractivity contribution in [2.45, 2.75) is 26.2 Å². The van der Waals surface area contributed by atoms with Gasteiger partial charge >= 0.3 is 0 Å². The molecule has 0 fully saturated rings. The second-order valence-corrected chi connectivity index (χ2v) is 7.68. The van der Waals surface area contributed by atoms with Crippen molar-refractivity contribution < 1.29 is 14.3 Å². The summed E-state index contributed by atoms with van der Waals surface area (Å²) in [5.74, 6) is 2.73. The highest BCUT2D eigenvalue weighted by Gasteiger charge is 2.14. The van der Waals surface area contributed by atoms with Crippen molar-refractivity contribution in [3.63, 3.8) is 0 Å². The maximum atomic E-state index is 11.2. The predicted molar refractivity (Wildman–Crippen MR) is 115 cm³/mol. The van der Waals surface area contributed by atoms with E-state index in [2.05, 4.69) is 18.2 Å². The number of benzene rings is 2. The zero-order chi connectivity index (χ0) is 19.3. The van der Waals surface area contributed by atoms with E-state index in [9.17, 15) is 4.79 Å². The maximum absolute atomic E-state index is 11.2. The first-order valence-electron chi connectivity index (χ1n) is 9.46. The molecule has 4 rings (SSSR count). The molecule has 3 aromatic rings. The van der Waals surface area contributed by atoms with E-state index in [-0.39, 0.29) is 0 Å². The Morgan fingerprint density at radius 2 is 2.00 bits per heavy atom. The highest BCUT2D eigenvalue weighted by Crippen LogP contribution is 2.33. The normalized spacial score (nSPS) is 14.4. The first-order valence-corrected chi connectivity index (χ1v) is 10.3. The van der Waals surface area contributed by atoms with E-state index in [1.54, 1.807) is 11.3 Å². The summed E-state index contributed by atoms with van der Waals surface area (Å²) in [6, 6.07) is 15.9. The van der Waals surface area contributed by atoms with E-state index in [0.717, 1.165) is 58.5 Å². The molecule has 0 spiro atoms. The lowest BCUT2D eigenvalue weighted by Gasteiger charge is -2.13. The molecule has 0 radical (unpaired) electrons. The molecule has 0 bridgehead atoms. The molecule has 2 heterocycles. The highest BCUT2D eigenvalue weighted by molar-refractivity contribution is 7.17. The van der Waals surface area contributed by atoms with Crippen LogP contribution in [0.4, 0.5) is 0 Å². The van der Waals surface area contributed by atoms with Gasteiger partial charge in [0.2, 0.25) is 0 Å². The number of carbonyl (C=O) groups is 1. The number of rotatable bonds is 6. The second-order valence-electron chi connectivity index (χ2n) is 6.77. The van der Waals surface area contributed by atoms with Crippen molar-refractivity contribution in [3.05, 3.63) is 82.4 Å². The SMILES string of the molecule is CC1=C(CCOc2ccc(C=O)c3sccc23)CCC=C(c2ccccc2)O1. The fourth-order valence-corrected chi connectivity index (χ4v) is 4.36. The van der Waals surface area contributed by atoms with E-state index < -0.39 is 0 Å². The van der Waals surface area contributed by atoms with Crippen molar-refractivity contribution in [2.75, 3.05) is 6.61 Å². The van der Waals surface area contributed by atoms with Crippen molar-refractivity contribution in [1.82, 2.24) is 0 Å². The van der Waals surface area contributed by atoms with Gasteiger partial charge < -0.3 is 9.47 Å². The van der Waals surface area contributed by atoms with Gasteiger partial charge in [0.05, 0.1) is 6.61 Å². The Bertz CT molecular complexity index is 1040. The summed E-state index contributed by atoms with van der Waals surface area (Å²) < 4.78 is 13.2. The number of fused-ring (bicyclic) bond motifs is 1. The standard InChI is InChI=1S/C24H22O3S/c1-17-18(8-5-9-22(27-17)19-6-3-2-4-7-19)12-14-26-23-11-10-20(16-25)24-21(23)13-15-28-24/h2-4,6-7,9-11,13,15-16H,5,8,12,14H2,1H3. The summed E-state index contributed by atoms with van der Waals surface area (Å²) >= 11 is 1.57. The van der Waals surface area contributed by atoms with Crippen LogP contribution in [0.2, 0.25) is 0 Å². The minimum Gasteiger partial charge on any atom is -0.493 e. The first-order chi connectivity index (χ1) is 13.8. The lowest BCUT2D eigenvalue weighted by Crippen LogP contribution is -2.02. The van der Waals surface area contributed by atoms with Gasteiger partial charge in [-0.2, -0.15) is 0 Å². The molecule has 142 valence electrons. The lowest BCUT2D eigenvalue weighted by molar-refractivity contribution is 0.112. The molecule has 0 N–H and O–H groups in total. The molecule has 4 heteroatoms. The summed E-state index contributed by atoms with van der Waals surface area (Å²) in [6.07, 6.45) is 5.82. The van der Waals surface area contributed by atoms with Gasteiger partial charge in [-0.15, -0.1) is 11.3 Å². The molecule has 0 unspecified atom stereocenters. The van der Waals surface area contributed by atoms with Gasteiger partial charge in [0, 0.05) is 27.6 Å². The quantitative estimate of drug-likeness (QED) is 0.444. The molecule has 0 amide bonds. The molecule has 3 nitrogen and oxygen atoms in total. The number of hydrogen-bond donors (Lipinski definition) is 0. The number of hydrogen-bond acceptors (Lipinski definition) is 4. The molecule has 0 atom stereocenters. The fraction of sp³-hybridized carbons (Fsp3) is 0.208. The van der Waals surface area contributed by atoms with Crippen molar-refractivity contribution in [1.29, 1.82) is 0 Å². The predicted octanol–water partition coefficient (Wildman–Crippen LogP) is 6.61. The Morgan fingerprint density at radius 1 is 1.14 bits per heavy atom. The van der Waals surface area contributed by atoms with Gasteiger partial charge in [0.25, 0.3) is 0 Å². The average molecular weight is 391 g/mol. The van der Waals surface area contributed by atoms with Crippen LogP contribution < -0.4 is 4.74 Å². The van der Waals surface area contributed by atoms with Crippen LogP contribution in [0.1, 0.15) is 42.1 Å². The molecule has 1 aliphatic rings. The monoisotopic (exact) mass is 390 g/mol. The number of ether oxygens (including phenoxy) is 2. The molecule has 2 aromatic carbocycles. The Kier molecular flexibility index (Phi) is 5.58. The lowest BCUT2D eigenvalue weighted by atomic mass is 10.1. The Balaban J connectivity index is 1.43. The first kappa shape index (κ1) is 18.5. The van der Waals surface area contributed by atoms with E-state index in [1.807, 2.05) is 48.7 Å². The van der Waals surface area contributed by atoms with Gasteiger partial charge in [-0.3, -0.25) is 4.79 Å². The van der Waals surface area contributed by atoms with Crippen LogP contribution in [0.25, 0.3) is 15.8 Å². The minimum absolute atomic E-state index is 0.585. The van der Waals surface area contributed by atoms with Crippen LogP contribution in [-0.2, 0) is 4.74 Å². The third-order valence-electron chi connectivity index (χ3n) is 4.99. The van der Waals surface area contributed by atoms with Gasteiger partial charge in [-0.05, 0) is 55.0 Å². The second kappa shape index (κ2) is 8.44. The smallest absolute Gasteiger partial charge is 0.151 e. The van der Waals surface area contributed by atoms with Crippen molar-refractivity contribution >= 4 is 33.5 Å². The van der Waals surface area contributed by atoms with Crippen LogP contribution in [0.5, 0.6) is 5.75 Å². The maximum Gasteiger partial charge on any atom is 0.151 e. The van der Waals surface area contributed by atoms with Crippen LogP contribution in [0.15, 0.2) is 71.3 Å². The van der Waals surface area contributed by atoms with Crippen LogP contribution in [0.3, 0.4) is 0 Å². The molecule has 0 saturated carbocycles. The highest BCUT2D eigenvalue weighted by atomic mass is 32.1. The van der Waals surface area contributed by atoms with Crippen LogP contribution >= 0.6 is 11.3 Å². The topological polar surface area (TPSA) is 35.5 Å². The number of carbonyl (C=O) groups excluding carboxylic acids is 1.